The lowest BCUT2D eigenvalue weighted by molar-refractivity contribution is 0.755. The first-order chi connectivity index (χ1) is 9.72. The number of nitrogens with zero attached hydrogens (tertiary/aromatic N) is 4. The molecule has 1 atom stereocenters. The second-order valence-corrected chi connectivity index (χ2v) is 6.04. The maximum atomic E-state index is 4.56. The topological polar surface area (TPSA) is 66.0 Å². The second-order valence-electron chi connectivity index (χ2n) is 5.05. The van der Waals surface area contributed by atoms with Crippen LogP contribution in [0.5, 0.6) is 0 Å². The molecule has 0 radical (unpaired) electrons. The average molecular weight is 296 g/mol. The van der Waals surface area contributed by atoms with Crippen LogP contribution in [0.2, 0.25) is 0 Å². The van der Waals surface area contributed by atoms with Crippen molar-refractivity contribution in [3.8, 4) is 0 Å². The van der Waals surface area contributed by atoms with Crippen molar-refractivity contribution in [3.63, 3.8) is 0 Å². The highest BCUT2D eigenvalue weighted by Gasteiger charge is 2.17. The molecule has 1 aliphatic rings. The third-order valence-electron chi connectivity index (χ3n) is 3.37. The van der Waals surface area contributed by atoms with E-state index in [1.54, 1.807) is 0 Å². The van der Waals surface area contributed by atoms with Gasteiger partial charge in [-0.05, 0) is 38.2 Å². The first-order valence-electron chi connectivity index (χ1n) is 7.17. The van der Waals surface area contributed by atoms with E-state index < -0.39 is 0 Å². The average Bonchev–Trinajstić information content (AvgIpc) is 2.99. The van der Waals surface area contributed by atoms with Crippen LogP contribution in [0, 0.1) is 0 Å². The number of anilines is 3. The zero-order valence-electron chi connectivity index (χ0n) is 12.5. The van der Waals surface area contributed by atoms with Crippen LogP contribution in [0.25, 0.3) is 0 Å². The lowest BCUT2D eigenvalue weighted by Gasteiger charge is -2.18. The SMILES string of the molecule is CNc1nc(NC(C)CCSC)nc(N2CCCC2)n1. The van der Waals surface area contributed by atoms with Gasteiger partial charge in [0.05, 0.1) is 0 Å². The Morgan fingerprint density at radius 2 is 1.90 bits per heavy atom. The summed E-state index contributed by atoms with van der Waals surface area (Å²) in [5, 5.41) is 6.39. The molecule has 1 fully saturated rings. The minimum atomic E-state index is 0.362. The molecular weight excluding hydrogens is 272 g/mol. The molecule has 7 heteroatoms. The number of rotatable bonds is 7. The van der Waals surface area contributed by atoms with Gasteiger partial charge in [-0.3, -0.25) is 0 Å². The summed E-state index contributed by atoms with van der Waals surface area (Å²) in [6, 6.07) is 0.362. The number of nitrogens with one attached hydrogen (secondary N) is 2. The van der Waals surface area contributed by atoms with Crippen molar-refractivity contribution in [2.45, 2.75) is 32.2 Å². The molecule has 2 rings (SSSR count). The van der Waals surface area contributed by atoms with Gasteiger partial charge in [0.15, 0.2) is 0 Å². The largest absolute Gasteiger partial charge is 0.357 e. The molecule has 2 N–H and O–H groups in total. The third-order valence-corrected chi connectivity index (χ3v) is 4.01. The molecule has 112 valence electrons. The van der Waals surface area contributed by atoms with Gasteiger partial charge in [-0.25, -0.2) is 0 Å². The molecule has 0 bridgehead atoms. The van der Waals surface area contributed by atoms with E-state index in [9.17, 15) is 0 Å². The molecule has 1 aromatic heterocycles. The van der Waals surface area contributed by atoms with Gasteiger partial charge in [0.1, 0.15) is 0 Å². The number of aromatic nitrogens is 3. The molecular formula is C13H24N6S. The maximum absolute atomic E-state index is 4.56. The quantitative estimate of drug-likeness (QED) is 0.798. The van der Waals surface area contributed by atoms with Gasteiger partial charge in [0.2, 0.25) is 17.8 Å². The van der Waals surface area contributed by atoms with Crippen LogP contribution in [0.15, 0.2) is 0 Å². The van der Waals surface area contributed by atoms with Crippen molar-refractivity contribution in [2.24, 2.45) is 0 Å². The lowest BCUT2D eigenvalue weighted by Crippen LogP contribution is -2.24. The molecule has 0 amide bonds. The molecule has 20 heavy (non-hydrogen) atoms. The first kappa shape index (κ1) is 15.2. The van der Waals surface area contributed by atoms with Gasteiger partial charge in [-0.2, -0.15) is 26.7 Å². The van der Waals surface area contributed by atoms with Gasteiger partial charge >= 0.3 is 0 Å². The van der Waals surface area contributed by atoms with Crippen molar-refractivity contribution >= 4 is 29.6 Å². The summed E-state index contributed by atoms with van der Waals surface area (Å²) in [4.78, 5) is 15.6. The Hall–Kier alpha value is -1.24. The van der Waals surface area contributed by atoms with Crippen LogP contribution < -0.4 is 15.5 Å². The predicted molar refractivity (Wildman–Crippen MR) is 86.9 cm³/mol. The first-order valence-corrected chi connectivity index (χ1v) is 8.56. The molecule has 2 heterocycles. The monoisotopic (exact) mass is 296 g/mol. The fraction of sp³-hybridized carbons (Fsp3) is 0.769. The fourth-order valence-corrected chi connectivity index (χ4v) is 2.78. The molecule has 0 spiro atoms. The van der Waals surface area contributed by atoms with Crippen LogP contribution in [-0.2, 0) is 0 Å². The Balaban J connectivity index is 2.08. The second kappa shape index (κ2) is 7.52. The number of hydrogen-bond donors (Lipinski definition) is 2. The Morgan fingerprint density at radius 3 is 2.55 bits per heavy atom. The third kappa shape index (κ3) is 4.13. The summed E-state index contributed by atoms with van der Waals surface area (Å²) < 4.78 is 0. The number of hydrogen-bond acceptors (Lipinski definition) is 7. The van der Waals surface area contributed by atoms with E-state index in [-0.39, 0.29) is 0 Å². The van der Waals surface area contributed by atoms with E-state index in [0.29, 0.717) is 17.9 Å². The van der Waals surface area contributed by atoms with E-state index in [0.717, 1.165) is 31.2 Å². The molecule has 1 aromatic rings. The normalized spacial score (nSPS) is 16.2. The Bertz CT molecular complexity index is 421. The van der Waals surface area contributed by atoms with Crippen LogP contribution >= 0.6 is 11.8 Å². The minimum Gasteiger partial charge on any atom is -0.357 e. The van der Waals surface area contributed by atoms with Crippen molar-refractivity contribution in [3.05, 3.63) is 0 Å². The summed E-state index contributed by atoms with van der Waals surface area (Å²) in [6.07, 6.45) is 5.65. The summed E-state index contributed by atoms with van der Waals surface area (Å²) in [6.45, 7) is 4.23. The van der Waals surface area contributed by atoms with Crippen molar-refractivity contribution in [1.29, 1.82) is 0 Å². The van der Waals surface area contributed by atoms with Crippen LogP contribution in [0.4, 0.5) is 17.8 Å². The van der Waals surface area contributed by atoms with E-state index in [2.05, 4.69) is 43.7 Å². The molecule has 1 saturated heterocycles. The highest BCUT2D eigenvalue weighted by Crippen LogP contribution is 2.19. The summed E-state index contributed by atoms with van der Waals surface area (Å²) in [7, 11) is 1.84. The Kier molecular flexibility index (Phi) is 5.70. The summed E-state index contributed by atoms with van der Waals surface area (Å²) in [5.41, 5.74) is 0. The Labute approximate surface area is 125 Å². The smallest absolute Gasteiger partial charge is 0.231 e. The van der Waals surface area contributed by atoms with E-state index >= 15 is 0 Å². The summed E-state index contributed by atoms with van der Waals surface area (Å²) >= 11 is 1.86. The van der Waals surface area contributed by atoms with E-state index in [1.165, 1.54) is 12.8 Å². The zero-order chi connectivity index (χ0) is 14.4. The van der Waals surface area contributed by atoms with E-state index in [1.807, 2.05) is 18.8 Å². The predicted octanol–water partition coefficient (Wildman–Crippen LogP) is 2.07. The molecule has 1 aliphatic heterocycles. The summed E-state index contributed by atoms with van der Waals surface area (Å²) in [5.74, 6) is 3.21. The van der Waals surface area contributed by atoms with Crippen LogP contribution in [0.1, 0.15) is 26.2 Å². The maximum Gasteiger partial charge on any atom is 0.231 e. The number of thioether (sulfide) groups is 1. The van der Waals surface area contributed by atoms with Gasteiger partial charge < -0.3 is 15.5 Å². The fourth-order valence-electron chi connectivity index (χ4n) is 2.19. The van der Waals surface area contributed by atoms with Gasteiger partial charge in [-0.15, -0.1) is 0 Å². The van der Waals surface area contributed by atoms with Crippen LogP contribution in [0.3, 0.4) is 0 Å². The van der Waals surface area contributed by atoms with E-state index in [4.69, 9.17) is 0 Å². The minimum absolute atomic E-state index is 0.362. The molecule has 6 nitrogen and oxygen atoms in total. The molecule has 0 saturated carbocycles. The van der Waals surface area contributed by atoms with Crippen LogP contribution in [-0.4, -0.2) is 53.1 Å². The molecule has 0 aromatic carbocycles. The van der Waals surface area contributed by atoms with Gasteiger partial charge in [0, 0.05) is 26.2 Å². The standard InChI is InChI=1S/C13H24N6S/c1-10(6-9-20-3)15-12-16-11(14-2)17-13(18-12)19-7-4-5-8-19/h10H,4-9H2,1-3H3,(H2,14,15,16,17,18). The van der Waals surface area contributed by atoms with Crippen molar-refractivity contribution < 1.29 is 0 Å². The molecule has 1 unspecified atom stereocenters. The van der Waals surface area contributed by atoms with Crippen molar-refractivity contribution in [1.82, 2.24) is 15.0 Å². The van der Waals surface area contributed by atoms with Gasteiger partial charge in [0.25, 0.3) is 0 Å². The Morgan fingerprint density at radius 1 is 1.20 bits per heavy atom. The lowest BCUT2D eigenvalue weighted by atomic mass is 10.3. The zero-order valence-corrected chi connectivity index (χ0v) is 13.3. The highest BCUT2D eigenvalue weighted by molar-refractivity contribution is 7.98. The highest BCUT2D eigenvalue weighted by atomic mass is 32.2. The van der Waals surface area contributed by atoms with Crippen molar-refractivity contribution in [2.75, 3.05) is 47.7 Å². The van der Waals surface area contributed by atoms with Gasteiger partial charge in [-0.1, -0.05) is 0 Å². The molecule has 0 aliphatic carbocycles.